The van der Waals surface area contributed by atoms with Crippen LogP contribution in [-0.2, 0) is 52.6 Å². The first kappa shape index (κ1) is 55.4. The van der Waals surface area contributed by atoms with Gasteiger partial charge in [-0.3, -0.25) is 29.3 Å². The summed E-state index contributed by atoms with van der Waals surface area (Å²) in [5.74, 6) is -7.09. The van der Waals surface area contributed by atoms with Crippen LogP contribution >= 0.6 is 0 Å². The molecule has 1 rings (SSSR count). The molecule has 1 aromatic carbocycles. The summed E-state index contributed by atoms with van der Waals surface area (Å²) in [6, 6.07) is 10.0. The van der Waals surface area contributed by atoms with Gasteiger partial charge in [-0.1, -0.05) is 116 Å². The van der Waals surface area contributed by atoms with Gasteiger partial charge in [0.2, 0.25) is 5.91 Å². The van der Waals surface area contributed by atoms with Crippen LogP contribution in [0.2, 0.25) is 0 Å². The molecule has 0 aromatic heterocycles. The van der Waals surface area contributed by atoms with E-state index in [2.05, 4.69) is 42.7 Å². The van der Waals surface area contributed by atoms with Crippen molar-refractivity contribution in [1.82, 2.24) is 5.32 Å². The number of benzene rings is 1. The second-order valence-electron chi connectivity index (χ2n) is 12.0. The van der Waals surface area contributed by atoms with Crippen molar-refractivity contribution in [3.63, 3.8) is 0 Å². The number of unbranched alkanes of at least 4 members (excludes halogenated alkanes) is 3. The van der Waals surface area contributed by atoms with Crippen molar-refractivity contribution in [2.45, 2.75) is 98.5 Å². The first-order valence-corrected chi connectivity index (χ1v) is 18.6. The van der Waals surface area contributed by atoms with Gasteiger partial charge in [0.15, 0.2) is 17.5 Å². The van der Waals surface area contributed by atoms with Crippen LogP contribution in [0.4, 0.5) is 0 Å². The number of hydrogen-bond acceptors (Lipinski definition) is 11. The van der Waals surface area contributed by atoms with Crippen LogP contribution in [0.5, 0.6) is 0 Å². The second-order valence-corrected chi connectivity index (χ2v) is 12.0. The molecular formula is C44H61NO12. The third-order valence-corrected chi connectivity index (χ3v) is 7.53. The van der Waals surface area contributed by atoms with Crippen molar-refractivity contribution >= 4 is 53.3 Å². The molecule has 57 heavy (non-hydrogen) atoms. The van der Waals surface area contributed by atoms with Gasteiger partial charge >= 0.3 is 23.9 Å². The van der Waals surface area contributed by atoms with Crippen LogP contribution in [0.25, 0.3) is 6.08 Å². The zero-order valence-corrected chi connectivity index (χ0v) is 34.3. The van der Waals surface area contributed by atoms with Gasteiger partial charge in [-0.05, 0) is 63.7 Å². The molecule has 0 heterocycles. The Bertz CT molecular complexity index is 1520. The third kappa shape index (κ3) is 29.0. The molecule has 0 radical (unpaired) electrons. The number of ether oxygens (including phenoxy) is 3. The van der Waals surface area contributed by atoms with E-state index in [-0.39, 0.29) is 18.1 Å². The van der Waals surface area contributed by atoms with E-state index in [4.69, 9.17) is 9.84 Å². The van der Waals surface area contributed by atoms with Crippen LogP contribution in [0, 0.1) is 5.92 Å². The highest BCUT2D eigenvalue weighted by molar-refractivity contribution is 6.15. The summed E-state index contributed by atoms with van der Waals surface area (Å²) in [4.78, 5) is 89.3. The zero-order valence-electron chi connectivity index (χ0n) is 34.3. The minimum Gasteiger partial charge on any atom is -0.478 e. The Balaban J connectivity index is -0.000000793. The van der Waals surface area contributed by atoms with Crippen molar-refractivity contribution < 1.29 is 57.7 Å². The molecule has 0 aliphatic heterocycles. The quantitative estimate of drug-likeness (QED) is 0.0224. The number of imide groups is 1. The second kappa shape index (κ2) is 34.5. The van der Waals surface area contributed by atoms with Gasteiger partial charge in [-0.2, -0.15) is 0 Å². The lowest BCUT2D eigenvalue weighted by molar-refractivity contribution is -0.157. The first-order chi connectivity index (χ1) is 27.0. The van der Waals surface area contributed by atoms with E-state index in [0.717, 1.165) is 50.3 Å². The zero-order chi connectivity index (χ0) is 44.2. The van der Waals surface area contributed by atoms with Crippen molar-refractivity contribution in [1.29, 1.82) is 0 Å². The van der Waals surface area contributed by atoms with Crippen LogP contribution in [0.15, 0.2) is 98.7 Å². The molecule has 314 valence electrons. The summed E-state index contributed by atoms with van der Waals surface area (Å²) in [5.41, 5.74) is 0.205. The Kier molecular flexibility index (Phi) is 33.5. The Morgan fingerprint density at radius 3 is 1.77 bits per heavy atom. The number of esters is 3. The number of carbonyl (C=O) groups is 8. The maximum Gasteiger partial charge on any atom is 0.338 e. The molecule has 0 unspecified atom stereocenters. The molecule has 13 nitrogen and oxygen atoms in total. The number of carboxylic acids is 1. The minimum atomic E-state index is -1.35. The fourth-order valence-electron chi connectivity index (χ4n) is 4.25. The van der Waals surface area contributed by atoms with Crippen molar-refractivity contribution in [3.8, 4) is 0 Å². The molecule has 2 amide bonds. The molecule has 1 aromatic rings. The smallest absolute Gasteiger partial charge is 0.338 e. The maximum atomic E-state index is 12.5. The first-order valence-electron chi connectivity index (χ1n) is 18.6. The van der Waals surface area contributed by atoms with E-state index >= 15 is 0 Å². The van der Waals surface area contributed by atoms with E-state index in [1.807, 2.05) is 62.5 Å². The van der Waals surface area contributed by atoms with E-state index < -0.39 is 52.8 Å². The number of hydrogen-bond donors (Lipinski definition) is 2. The van der Waals surface area contributed by atoms with Gasteiger partial charge in [0.05, 0.1) is 12.2 Å². The summed E-state index contributed by atoms with van der Waals surface area (Å²) in [6.07, 6.45) is 14.7. The van der Waals surface area contributed by atoms with Gasteiger partial charge in [-0.25, -0.2) is 14.4 Å². The number of aliphatic carboxylic acids is 1. The molecule has 0 atom stereocenters. The molecule has 0 saturated heterocycles. The maximum absolute atomic E-state index is 12.5. The molecule has 0 aliphatic rings. The highest BCUT2D eigenvalue weighted by Gasteiger charge is 2.31. The molecule has 0 aliphatic carbocycles. The molecule has 13 heteroatoms. The summed E-state index contributed by atoms with van der Waals surface area (Å²) in [5, 5.41) is 11.0. The predicted molar refractivity (Wildman–Crippen MR) is 220 cm³/mol. The molecule has 0 spiro atoms. The third-order valence-electron chi connectivity index (χ3n) is 7.53. The minimum absolute atomic E-state index is 0.00981. The van der Waals surface area contributed by atoms with E-state index in [1.165, 1.54) is 31.6 Å². The Hall–Kier alpha value is -5.98. The van der Waals surface area contributed by atoms with E-state index in [0.29, 0.717) is 31.9 Å². The summed E-state index contributed by atoms with van der Waals surface area (Å²) in [6.45, 7) is 24.3. The summed E-state index contributed by atoms with van der Waals surface area (Å²) < 4.78 is 14.9. The normalized spacial score (nSPS) is 10.3. The van der Waals surface area contributed by atoms with Gasteiger partial charge < -0.3 is 19.3 Å². The van der Waals surface area contributed by atoms with E-state index in [1.54, 1.807) is 0 Å². The number of rotatable bonds is 22. The van der Waals surface area contributed by atoms with Gasteiger partial charge in [0, 0.05) is 18.2 Å². The van der Waals surface area contributed by atoms with Gasteiger partial charge in [0.1, 0.15) is 12.2 Å². The highest BCUT2D eigenvalue weighted by atomic mass is 16.6. The average molecular weight is 796 g/mol. The SMILES string of the molecule is C=CC(=O)NC(=O)C=C/C(=C\C(=O)O)C(=O)OC(CC)(CC)CCCCC.C=CC(=O)OCCCC.C=CCOC(=O)C(C(C)=O)C(C)=O.C=Cc1ccccc1. The molecule has 0 bridgehead atoms. The number of carboxylic acid groups (broad SMARTS) is 1. The van der Waals surface area contributed by atoms with Crippen molar-refractivity contribution in [2.75, 3.05) is 13.2 Å². The van der Waals surface area contributed by atoms with Crippen LogP contribution < -0.4 is 5.32 Å². The number of nitrogens with one attached hydrogen (secondary N) is 1. The van der Waals surface area contributed by atoms with Crippen LogP contribution in [0.3, 0.4) is 0 Å². The van der Waals surface area contributed by atoms with Crippen molar-refractivity contribution in [2.24, 2.45) is 5.92 Å². The lowest BCUT2D eigenvalue weighted by Gasteiger charge is -2.32. The predicted octanol–water partition coefficient (Wildman–Crippen LogP) is 7.42. The fourth-order valence-corrected chi connectivity index (χ4v) is 4.25. The van der Waals surface area contributed by atoms with E-state index in [9.17, 15) is 38.4 Å². The van der Waals surface area contributed by atoms with Crippen LogP contribution in [0.1, 0.15) is 98.5 Å². The average Bonchev–Trinajstić information content (AvgIpc) is 3.18. The molecular weight excluding hydrogens is 734 g/mol. The molecule has 0 saturated carbocycles. The molecule has 0 fully saturated rings. The Labute approximate surface area is 337 Å². The number of carbonyl (C=O) groups excluding carboxylic acids is 7. The summed E-state index contributed by atoms with van der Waals surface area (Å²) >= 11 is 0. The fraction of sp³-hybridized carbons (Fsp3) is 0.409. The summed E-state index contributed by atoms with van der Waals surface area (Å²) in [7, 11) is 0. The standard InChI is InChI=1S/C20H29NO6.C9H12O4.C8H8.C7H12O2/c1-5-9-10-13-20(7-3,8-4)27-19(26)15(14-18(24)25)11-12-17(23)21-16(22)6-2;1-4-5-13-9(12)8(6(2)10)7(3)11;1-2-8-6-4-3-5-7-8;1-3-5-6-9-7(8)4-2/h6,11-12,14H,2,5,7-10,13H2,1,3-4H3,(H,24,25)(H,21,22,23);4,8H,1,5H2,2-3H3;2-7H,1H2;4H,2-3,5-6H2,1H3/b12-11?,15-14+;;;. The monoisotopic (exact) mass is 795 g/mol. The van der Waals surface area contributed by atoms with Crippen LogP contribution in [-0.4, -0.2) is 71.2 Å². The lowest BCUT2D eigenvalue weighted by atomic mass is 9.90. The Morgan fingerprint density at radius 2 is 1.35 bits per heavy atom. The lowest BCUT2D eigenvalue weighted by Crippen LogP contribution is -2.34. The van der Waals surface area contributed by atoms with Crippen molar-refractivity contribution in [3.05, 3.63) is 104 Å². The Morgan fingerprint density at radius 1 is 0.772 bits per heavy atom. The largest absolute Gasteiger partial charge is 0.478 e. The number of amides is 2. The molecule has 2 N–H and O–H groups in total. The number of ketones is 2. The topological polar surface area (TPSA) is 197 Å². The van der Waals surface area contributed by atoms with Gasteiger partial charge in [0.25, 0.3) is 5.91 Å². The highest BCUT2D eigenvalue weighted by Crippen LogP contribution is 2.29. The number of Topliss-reactive ketones (excluding diaryl/α,β-unsaturated/α-hetero) is 2. The van der Waals surface area contributed by atoms with Gasteiger partial charge in [-0.15, -0.1) is 0 Å².